The van der Waals surface area contributed by atoms with Crippen LogP contribution in [0.15, 0.2) is 24.3 Å². The summed E-state index contributed by atoms with van der Waals surface area (Å²) in [4.78, 5) is 24.1. The number of amides is 1. The van der Waals surface area contributed by atoms with Crippen LogP contribution in [0.3, 0.4) is 0 Å². The third-order valence-corrected chi connectivity index (χ3v) is 2.97. The molecule has 0 heterocycles. The number of nitro benzene ring substituents is 1. The summed E-state index contributed by atoms with van der Waals surface area (Å²) in [5.74, 6) is -0.202. The molecule has 1 aromatic rings. The topological polar surface area (TPSA) is 63.5 Å². The fourth-order valence-corrected chi connectivity index (χ4v) is 1.65. The van der Waals surface area contributed by atoms with Crippen LogP contribution in [-0.4, -0.2) is 34.2 Å². The lowest BCUT2D eigenvalue weighted by atomic mass is 10.1. The van der Waals surface area contributed by atoms with Gasteiger partial charge >= 0.3 is 0 Å². The van der Waals surface area contributed by atoms with Crippen molar-refractivity contribution in [2.75, 3.05) is 13.6 Å². The van der Waals surface area contributed by atoms with E-state index in [0.717, 1.165) is 6.42 Å². The van der Waals surface area contributed by atoms with Gasteiger partial charge in [-0.25, -0.2) is 0 Å². The molecular formula is C12H15BrN2O3. The first kappa shape index (κ1) is 14.6. The molecular weight excluding hydrogens is 300 g/mol. The van der Waals surface area contributed by atoms with E-state index < -0.39 is 4.92 Å². The number of rotatable bonds is 5. The number of benzene rings is 1. The molecule has 1 unspecified atom stereocenters. The summed E-state index contributed by atoms with van der Waals surface area (Å²) in [5.41, 5.74) is 0.275. The maximum atomic E-state index is 12.0. The van der Waals surface area contributed by atoms with Gasteiger partial charge in [0.25, 0.3) is 11.6 Å². The molecule has 1 aromatic carbocycles. The third kappa shape index (κ3) is 4.10. The Morgan fingerprint density at radius 1 is 1.56 bits per heavy atom. The van der Waals surface area contributed by atoms with Gasteiger partial charge in [-0.2, -0.15) is 0 Å². The summed E-state index contributed by atoms with van der Waals surface area (Å²) >= 11 is 3.41. The lowest BCUT2D eigenvalue weighted by molar-refractivity contribution is -0.384. The monoisotopic (exact) mass is 314 g/mol. The molecule has 0 fully saturated rings. The number of nitro groups is 1. The fourth-order valence-electron chi connectivity index (χ4n) is 1.45. The largest absolute Gasteiger partial charge is 0.342 e. The van der Waals surface area contributed by atoms with Gasteiger partial charge < -0.3 is 4.90 Å². The van der Waals surface area contributed by atoms with Crippen LogP contribution in [0.2, 0.25) is 0 Å². The van der Waals surface area contributed by atoms with Crippen LogP contribution in [0.4, 0.5) is 5.69 Å². The van der Waals surface area contributed by atoms with Crippen molar-refractivity contribution in [2.45, 2.75) is 18.2 Å². The summed E-state index contributed by atoms with van der Waals surface area (Å²) in [6.07, 6.45) is 0.831. The highest BCUT2D eigenvalue weighted by Crippen LogP contribution is 2.15. The fraction of sp³-hybridized carbons (Fsp3) is 0.417. The van der Waals surface area contributed by atoms with E-state index in [9.17, 15) is 14.9 Å². The highest BCUT2D eigenvalue weighted by Gasteiger charge is 2.15. The molecule has 0 aliphatic rings. The third-order valence-electron chi connectivity index (χ3n) is 2.51. The first-order valence-electron chi connectivity index (χ1n) is 5.56. The zero-order chi connectivity index (χ0) is 13.7. The zero-order valence-electron chi connectivity index (χ0n) is 10.3. The number of non-ortho nitro benzene ring substituents is 1. The molecule has 0 aliphatic heterocycles. The molecule has 0 radical (unpaired) electrons. The highest BCUT2D eigenvalue weighted by molar-refractivity contribution is 9.09. The molecule has 5 nitrogen and oxygen atoms in total. The summed E-state index contributed by atoms with van der Waals surface area (Å²) in [5, 5.41) is 10.6. The van der Waals surface area contributed by atoms with Gasteiger partial charge in [-0.15, -0.1) is 0 Å². The molecule has 0 spiro atoms. The Morgan fingerprint density at radius 2 is 2.22 bits per heavy atom. The lowest BCUT2D eigenvalue weighted by Gasteiger charge is -2.17. The molecule has 0 N–H and O–H groups in total. The van der Waals surface area contributed by atoms with Crippen molar-refractivity contribution < 1.29 is 9.72 Å². The minimum absolute atomic E-state index is 0.0666. The van der Waals surface area contributed by atoms with Crippen molar-refractivity contribution in [1.82, 2.24) is 4.90 Å². The Hall–Kier alpha value is -1.43. The maximum absolute atomic E-state index is 12.0. The van der Waals surface area contributed by atoms with Crippen LogP contribution in [0, 0.1) is 10.1 Å². The molecule has 18 heavy (non-hydrogen) atoms. The van der Waals surface area contributed by atoms with Crippen molar-refractivity contribution in [3.63, 3.8) is 0 Å². The molecule has 0 saturated heterocycles. The number of nitrogens with zero attached hydrogens (tertiary/aromatic N) is 2. The van der Waals surface area contributed by atoms with Crippen molar-refractivity contribution in [3.8, 4) is 0 Å². The molecule has 98 valence electrons. The number of alkyl halides is 1. The van der Waals surface area contributed by atoms with Crippen molar-refractivity contribution in [2.24, 2.45) is 0 Å². The van der Waals surface area contributed by atoms with Gasteiger partial charge in [0.2, 0.25) is 0 Å². The average molecular weight is 315 g/mol. The van der Waals surface area contributed by atoms with Crippen molar-refractivity contribution in [1.29, 1.82) is 0 Å². The van der Waals surface area contributed by atoms with E-state index >= 15 is 0 Å². The van der Waals surface area contributed by atoms with Gasteiger partial charge in [0.15, 0.2) is 0 Å². The second-order valence-electron chi connectivity index (χ2n) is 4.10. The van der Waals surface area contributed by atoms with Gasteiger partial charge in [-0.05, 0) is 12.5 Å². The predicted octanol–water partition coefficient (Wildman–Crippen LogP) is 2.84. The van der Waals surface area contributed by atoms with E-state index in [-0.39, 0.29) is 11.6 Å². The quantitative estimate of drug-likeness (QED) is 0.477. The van der Waals surface area contributed by atoms with Gasteiger partial charge in [0.1, 0.15) is 0 Å². The molecule has 1 amide bonds. The van der Waals surface area contributed by atoms with Crippen LogP contribution in [0.5, 0.6) is 0 Å². The summed E-state index contributed by atoms with van der Waals surface area (Å²) in [6.45, 7) is 2.61. The Kier molecular flexibility index (Phi) is 5.27. The second-order valence-corrected chi connectivity index (χ2v) is 5.67. The average Bonchev–Trinajstić information content (AvgIpc) is 2.35. The first-order chi connectivity index (χ1) is 8.41. The minimum atomic E-state index is -0.503. The number of hydrogen-bond acceptors (Lipinski definition) is 3. The molecule has 1 rings (SSSR count). The van der Waals surface area contributed by atoms with E-state index in [1.807, 2.05) is 6.92 Å². The Morgan fingerprint density at radius 3 is 2.78 bits per heavy atom. The lowest BCUT2D eigenvalue weighted by Crippen LogP contribution is -2.28. The van der Waals surface area contributed by atoms with Crippen molar-refractivity contribution >= 4 is 27.5 Å². The standard InChI is InChI=1S/C12H15BrN2O3/c1-9(13)6-7-14(2)12(16)10-4-3-5-11(8-10)15(17)18/h3-5,8-9H,6-7H2,1-2H3. The Balaban J connectivity index is 2.77. The highest BCUT2D eigenvalue weighted by atomic mass is 79.9. The molecule has 0 aliphatic carbocycles. The van der Waals surface area contributed by atoms with E-state index in [0.29, 0.717) is 16.9 Å². The van der Waals surface area contributed by atoms with Gasteiger partial charge in [0, 0.05) is 36.1 Å². The van der Waals surface area contributed by atoms with E-state index in [1.165, 1.54) is 18.2 Å². The molecule has 6 heteroatoms. The van der Waals surface area contributed by atoms with Crippen LogP contribution in [-0.2, 0) is 0 Å². The van der Waals surface area contributed by atoms with Gasteiger partial charge in [0.05, 0.1) is 4.92 Å². The van der Waals surface area contributed by atoms with E-state index in [4.69, 9.17) is 0 Å². The number of hydrogen-bond donors (Lipinski definition) is 0. The van der Waals surface area contributed by atoms with E-state index in [1.54, 1.807) is 18.0 Å². The smallest absolute Gasteiger partial charge is 0.270 e. The second kappa shape index (κ2) is 6.49. The summed E-state index contributed by atoms with van der Waals surface area (Å²) < 4.78 is 0. The van der Waals surface area contributed by atoms with Gasteiger partial charge in [-0.1, -0.05) is 28.9 Å². The van der Waals surface area contributed by atoms with Crippen LogP contribution in [0.1, 0.15) is 23.7 Å². The van der Waals surface area contributed by atoms with Crippen molar-refractivity contribution in [3.05, 3.63) is 39.9 Å². The molecule has 0 aromatic heterocycles. The SMILES string of the molecule is CC(Br)CCN(C)C(=O)c1cccc([N+](=O)[O-])c1. The number of carbonyl (C=O) groups is 1. The van der Waals surface area contributed by atoms with Crippen LogP contribution in [0.25, 0.3) is 0 Å². The predicted molar refractivity (Wildman–Crippen MR) is 73.1 cm³/mol. The molecule has 0 bridgehead atoms. The van der Waals surface area contributed by atoms with Crippen LogP contribution < -0.4 is 0 Å². The zero-order valence-corrected chi connectivity index (χ0v) is 11.9. The first-order valence-corrected chi connectivity index (χ1v) is 6.47. The molecule has 1 atom stereocenters. The van der Waals surface area contributed by atoms with Crippen LogP contribution >= 0.6 is 15.9 Å². The Bertz CT molecular complexity index is 449. The summed E-state index contributed by atoms with van der Waals surface area (Å²) in [7, 11) is 1.69. The maximum Gasteiger partial charge on any atom is 0.270 e. The normalized spacial score (nSPS) is 11.9. The van der Waals surface area contributed by atoms with Gasteiger partial charge in [-0.3, -0.25) is 14.9 Å². The number of halogens is 1. The minimum Gasteiger partial charge on any atom is -0.342 e. The Labute approximate surface area is 114 Å². The molecule has 0 saturated carbocycles. The summed E-state index contributed by atoms with van der Waals surface area (Å²) in [6, 6.07) is 5.78. The number of carbonyl (C=O) groups excluding carboxylic acids is 1. The van der Waals surface area contributed by atoms with E-state index in [2.05, 4.69) is 15.9 Å².